The molecule has 3 aromatic rings. The van der Waals surface area contributed by atoms with Gasteiger partial charge in [-0.2, -0.15) is 0 Å². The van der Waals surface area contributed by atoms with Gasteiger partial charge in [0.25, 0.3) is 5.91 Å². The molecule has 4 rings (SSSR count). The Bertz CT molecular complexity index is 1160. The number of anilines is 2. The molecule has 9 nitrogen and oxygen atoms in total. The summed E-state index contributed by atoms with van der Waals surface area (Å²) in [7, 11) is 0. The number of ether oxygens (including phenoxy) is 1. The lowest BCUT2D eigenvalue weighted by Gasteiger charge is -2.38. The Morgan fingerprint density at radius 3 is 2.46 bits per heavy atom. The van der Waals surface area contributed by atoms with Gasteiger partial charge in [0.2, 0.25) is 5.91 Å². The Hall–Kier alpha value is -3.72. The second-order valence-corrected chi connectivity index (χ2v) is 9.67. The Morgan fingerprint density at radius 2 is 1.86 bits per heavy atom. The fourth-order valence-corrected chi connectivity index (χ4v) is 3.59. The second-order valence-electron chi connectivity index (χ2n) is 9.67. The molecule has 1 aromatic carbocycles. The number of likely N-dealkylation sites (N-methyl/N-ethyl adjacent to an activating group) is 1. The number of likely N-dealkylation sites (tertiary alicyclic amines) is 1. The van der Waals surface area contributed by atoms with Crippen LogP contribution in [0.4, 0.5) is 11.5 Å². The molecule has 0 spiro atoms. The lowest BCUT2D eigenvalue weighted by Crippen LogP contribution is -2.53. The number of nitrogens with zero attached hydrogens (tertiary/aromatic N) is 3. The summed E-state index contributed by atoms with van der Waals surface area (Å²) in [6.45, 7) is 11.0. The van der Waals surface area contributed by atoms with Crippen LogP contribution in [0, 0.1) is 0 Å². The maximum Gasteiger partial charge on any atom is 0.274 e. The molecule has 0 bridgehead atoms. The van der Waals surface area contributed by atoms with Crippen LogP contribution in [0.3, 0.4) is 0 Å². The molecule has 2 amide bonds. The van der Waals surface area contributed by atoms with Crippen molar-refractivity contribution in [2.45, 2.75) is 45.6 Å². The van der Waals surface area contributed by atoms with Gasteiger partial charge in [0.1, 0.15) is 23.3 Å². The standard InChI is InChI=1S/C26H31N5O4/c1-5-31-15-20(16-31)34-19-10-11-21(27-14-19)25(33)28-18-8-6-17(7-9-18)12-24(32)29-23-13-22(35-30-23)26(2,3)4/h6-11,13-14,20H,5,12,15-16H2,1-4H3,(H,28,33)(H,29,30,32). The van der Waals surface area contributed by atoms with E-state index in [9.17, 15) is 9.59 Å². The molecule has 0 atom stereocenters. The summed E-state index contributed by atoms with van der Waals surface area (Å²) in [5, 5.41) is 9.47. The molecule has 1 aliphatic rings. The second kappa shape index (κ2) is 10.3. The summed E-state index contributed by atoms with van der Waals surface area (Å²) in [4.78, 5) is 31.4. The molecule has 0 aliphatic carbocycles. The molecule has 184 valence electrons. The highest BCUT2D eigenvalue weighted by Gasteiger charge is 2.27. The zero-order valence-corrected chi connectivity index (χ0v) is 20.5. The Balaban J connectivity index is 1.26. The minimum atomic E-state index is -0.316. The number of nitrogens with one attached hydrogen (secondary N) is 2. The maximum atomic E-state index is 12.5. The molecular weight excluding hydrogens is 446 g/mol. The number of benzene rings is 1. The number of aromatic nitrogens is 2. The predicted octanol–water partition coefficient (Wildman–Crippen LogP) is 3.88. The summed E-state index contributed by atoms with van der Waals surface area (Å²) in [5.74, 6) is 1.23. The highest BCUT2D eigenvalue weighted by molar-refractivity contribution is 6.02. The number of hydrogen-bond acceptors (Lipinski definition) is 7. The van der Waals surface area contributed by atoms with Crippen molar-refractivity contribution in [1.29, 1.82) is 0 Å². The quantitative estimate of drug-likeness (QED) is 0.507. The topological polar surface area (TPSA) is 110 Å². The van der Waals surface area contributed by atoms with E-state index in [2.05, 4.69) is 32.6 Å². The lowest BCUT2D eigenvalue weighted by molar-refractivity contribution is -0.115. The molecule has 9 heteroatoms. The highest BCUT2D eigenvalue weighted by Crippen LogP contribution is 2.24. The first-order valence-electron chi connectivity index (χ1n) is 11.7. The van der Waals surface area contributed by atoms with E-state index in [0.29, 0.717) is 28.7 Å². The third-order valence-electron chi connectivity index (χ3n) is 5.74. The van der Waals surface area contributed by atoms with Crippen molar-refractivity contribution in [3.05, 3.63) is 65.7 Å². The van der Waals surface area contributed by atoms with E-state index >= 15 is 0 Å². The average molecular weight is 478 g/mol. The zero-order chi connectivity index (χ0) is 25.0. The summed E-state index contributed by atoms with van der Waals surface area (Å²) in [5.41, 5.74) is 1.53. The van der Waals surface area contributed by atoms with Gasteiger partial charge in [0, 0.05) is 30.3 Å². The molecular formula is C26H31N5O4. The molecule has 0 saturated carbocycles. The molecule has 1 saturated heterocycles. The molecule has 2 N–H and O–H groups in total. The van der Waals surface area contributed by atoms with E-state index < -0.39 is 0 Å². The third-order valence-corrected chi connectivity index (χ3v) is 5.74. The third kappa shape index (κ3) is 6.45. The molecule has 2 aromatic heterocycles. The largest absolute Gasteiger partial charge is 0.486 e. The molecule has 1 fully saturated rings. The van der Waals surface area contributed by atoms with Gasteiger partial charge in [-0.1, -0.05) is 45.0 Å². The Labute approximate surface area is 204 Å². The van der Waals surface area contributed by atoms with Crippen LogP contribution in [-0.2, 0) is 16.6 Å². The molecule has 35 heavy (non-hydrogen) atoms. The highest BCUT2D eigenvalue weighted by atomic mass is 16.5. The molecule has 0 radical (unpaired) electrons. The normalized spacial score (nSPS) is 14.3. The fraction of sp³-hybridized carbons (Fsp3) is 0.385. The molecule has 1 aliphatic heterocycles. The first kappa shape index (κ1) is 24.4. The van der Waals surface area contributed by atoms with Gasteiger partial charge < -0.3 is 19.9 Å². The van der Waals surface area contributed by atoms with Crippen molar-refractivity contribution < 1.29 is 18.8 Å². The van der Waals surface area contributed by atoms with E-state index in [-0.39, 0.29) is 29.8 Å². The van der Waals surface area contributed by atoms with E-state index in [0.717, 1.165) is 25.2 Å². The van der Waals surface area contributed by atoms with Crippen LogP contribution >= 0.6 is 0 Å². The number of carbonyl (C=O) groups excluding carboxylic acids is 2. The first-order chi connectivity index (χ1) is 16.7. The number of amides is 2. The number of pyridine rings is 1. The van der Waals surface area contributed by atoms with Gasteiger partial charge in [0.15, 0.2) is 5.82 Å². The minimum Gasteiger partial charge on any atom is -0.486 e. The van der Waals surface area contributed by atoms with Gasteiger partial charge in [-0.3, -0.25) is 14.5 Å². The Kier molecular flexibility index (Phi) is 7.16. The monoisotopic (exact) mass is 477 g/mol. The zero-order valence-electron chi connectivity index (χ0n) is 20.5. The van der Waals surface area contributed by atoms with Crippen molar-refractivity contribution in [1.82, 2.24) is 15.0 Å². The van der Waals surface area contributed by atoms with Crippen LogP contribution in [0.15, 0.2) is 53.2 Å². The van der Waals surface area contributed by atoms with Gasteiger partial charge in [-0.05, 0) is 36.4 Å². The van der Waals surface area contributed by atoms with E-state index in [1.165, 1.54) is 0 Å². The van der Waals surface area contributed by atoms with Crippen LogP contribution in [-0.4, -0.2) is 52.6 Å². The summed E-state index contributed by atoms with van der Waals surface area (Å²) >= 11 is 0. The van der Waals surface area contributed by atoms with Crippen LogP contribution in [0.25, 0.3) is 0 Å². The SMILES string of the molecule is CCN1CC(Oc2ccc(C(=O)Nc3ccc(CC(=O)Nc4cc(C(C)(C)C)on4)cc3)nc2)C1. The van der Waals surface area contributed by atoms with Crippen LogP contribution in [0.5, 0.6) is 5.75 Å². The lowest BCUT2D eigenvalue weighted by atomic mass is 9.93. The van der Waals surface area contributed by atoms with E-state index in [1.807, 2.05) is 20.8 Å². The minimum absolute atomic E-state index is 0.173. The number of rotatable bonds is 8. The van der Waals surface area contributed by atoms with Crippen molar-refractivity contribution in [2.75, 3.05) is 30.3 Å². The van der Waals surface area contributed by atoms with Crippen molar-refractivity contribution in [3.63, 3.8) is 0 Å². The maximum absolute atomic E-state index is 12.5. The number of hydrogen-bond donors (Lipinski definition) is 2. The fourth-order valence-electron chi connectivity index (χ4n) is 3.59. The Morgan fingerprint density at radius 1 is 1.11 bits per heavy atom. The summed E-state index contributed by atoms with van der Waals surface area (Å²) in [6.07, 6.45) is 1.92. The van der Waals surface area contributed by atoms with Gasteiger partial charge >= 0.3 is 0 Å². The van der Waals surface area contributed by atoms with Gasteiger partial charge in [0.05, 0.1) is 12.6 Å². The first-order valence-corrected chi connectivity index (χ1v) is 11.7. The smallest absolute Gasteiger partial charge is 0.274 e. The van der Waals surface area contributed by atoms with E-state index in [1.54, 1.807) is 48.7 Å². The van der Waals surface area contributed by atoms with Crippen molar-refractivity contribution in [2.24, 2.45) is 0 Å². The van der Waals surface area contributed by atoms with Crippen molar-refractivity contribution >= 4 is 23.3 Å². The summed E-state index contributed by atoms with van der Waals surface area (Å²) in [6, 6.07) is 12.2. The summed E-state index contributed by atoms with van der Waals surface area (Å²) < 4.78 is 11.1. The average Bonchev–Trinajstić information content (AvgIpc) is 3.26. The van der Waals surface area contributed by atoms with Gasteiger partial charge in [-0.15, -0.1) is 0 Å². The van der Waals surface area contributed by atoms with Crippen LogP contribution in [0.1, 0.15) is 49.5 Å². The van der Waals surface area contributed by atoms with Crippen LogP contribution in [0.2, 0.25) is 0 Å². The van der Waals surface area contributed by atoms with E-state index in [4.69, 9.17) is 9.26 Å². The molecule has 0 unspecified atom stereocenters. The van der Waals surface area contributed by atoms with Crippen molar-refractivity contribution in [3.8, 4) is 5.75 Å². The van der Waals surface area contributed by atoms with Gasteiger partial charge in [-0.25, -0.2) is 4.98 Å². The molecule has 3 heterocycles. The number of carbonyl (C=O) groups is 2. The predicted molar refractivity (Wildman–Crippen MR) is 133 cm³/mol. The van der Waals surface area contributed by atoms with Crippen LogP contribution < -0.4 is 15.4 Å².